The molecule has 0 saturated carbocycles. The van der Waals surface area contributed by atoms with Crippen LogP contribution < -0.4 is 5.32 Å². The van der Waals surface area contributed by atoms with Gasteiger partial charge >= 0.3 is 0 Å². The van der Waals surface area contributed by atoms with E-state index in [1.54, 1.807) is 0 Å². The molecule has 2 atom stereocenters. The summed E-state index contributed by atoms with van der Waals surface area (Å²) in [5.74, 6) is -0.312. The van der Waals surface area contributed by atoms with Crippen molar-refractivity contribution in [3.8, 4) is 0 Å². The number of aromatic nitrogens is 1. The van der Waals surface area contributed by atoms with Gasteiger partial charge in [-0.2, -0.15) is 0 Å². The first-order valence-corrected chi connectivity index (χ1v) is 10.7. The third kappa shape index (κ3) is 4.18. The molecule has 0 unspecified atom stereocenters. The molecule has 4 nitrogen and oxygen atoms in total. The molecule has 158 valence electrons. The molecule has 2 N–H and O–H groups in total. The van der Waals surface area contributed by atoms with E-state index in [9.17, 15) is 9.50 Å². The molecule has 1 fully saturated rings. The number of dihydropyridines is 1. The molecule has 0 bridgehead atoms. The molecule has 5 heteroatoms. The highest BCUT2D eigenvalue weighted by atomic mass is 19.1. The molecule has 1 saturated heterocycles. The number of hydrogen-bond acceptors (Lipinski definition) is 4. The number of pyridine rings is 1. The van der Waals surface area contributed by atoms with Crippen LogP contribution in [0.4, 0.5) is 4.39 Å². The Bertz CT molecular complexity index is 969. The standard InChI is InChI=1S/C25H30FN3O/c1-17-6-4-12-27-24(17)22-8-3-9-23(25-18(2)7-5-13-28-25)29(22)15-19-10-11-21(26)14-20(19)16-30/h4-7,10-12,14,22-23,28,30H,3,8-9,13,15-16H2,1-2H3/t22-,23+/m0/s1. The van der Waals surface area contributed by atoms with Gasteiger partial charge < -0.3 is 10.4 Å². The molecule has 2 aliphatic heterocycles. The van der Waals surface area contributed by atoms with Gasteiger partial charge in [-0.3, -0.25) is 9.88 Å². The zero-order valence-electron chi connectivity index (χ0n) is 17.7. The smallest absolute Gasteiger partial charge is 0.123 e. The van der Waals surface area contributed by atoms with Crippen LogP contribution in [0.1, 0.15) is 54.6 Å². The van der Waals surface area contributed by atoms with Gasteiger partial charge in [0, 0.05) is 25.0 Å². The molecule has 2 aliphatic rings. The number of benzene rings is 1. The van der Waals surface area contributed by atoms with Crippen molar-refractivity contribution in [1.82, 2.24) is 15.2 Å². The average molecular weight is 408 g/mol. The van der Waals surface area contributed by atoms with Crippen molar-refractivity contribution in [2.24, 2.45) is 0 Å². The van der Waals surface area contributed by atoms with Crippen molar-refractivity contribution < 1.29 is 9.50 Å². The topological polar surface area (TPSA) is 48.4 Å². The molecular weight excluding hydrogens is 377 g/mol. The van der Waals surface area contributed by atoms with E-state index in [1.165, 1.54) is 29.0 Å². The fourth-order valence-corrected chi connectivity index (χ4v) is 4.83. The molecular formula is C25H30FN3O. The van der Waals surface area contributed by atoms with Crippen molar-refractivity contribution in [3.05, 3.63) is 88.2 Å². The summed E-state index contributed by atoms with van der Waals surface area (Å²) in [7, 11) is 0. The maximum Gasteiger partial charge on any atom is 0.123 e. The van der Waals surface area contributed by atoms with Gasteiger partial charge in [-0.15, -0.1) is 0 Å². The Morgan fingerprint density at radius 1 is 1.17 bits per heavy atom. The second kappa shape index (κ2) is 9.11. The molecule has 1 aromatic heterocycles. The fourth-order valence-electron chi connectivity index (χ4n) is 4.83. The maximum atomic E-state index is 13.8. The Morgan fingerprint density at radius 2 is 2.00 bits per heavy atom. The lowest BCUT2D eigenvalue weighted by Crippen LogP contribution is -2.46. The summed E-state index contributed by atoms with van der Waals surface area (Å²) in [6.07, 6.45) is 9.43. The third-order valence-corrected chi connectivity index (χ3v) is 6.35. The molecule has 0 radical (unpaired) electrons. The zero-order chi connectivity index (χ0) is 21.1. The lowest BCUT2D eigenvalue weighted by atomic mass is 9.87. The summed E-state index contributed by atoms with van der Waals surface area (Å²) in [5.41, 5.74) is 6.45. The van der Waals surface area contributed by atoms with Gasteiger partial charge in [0.05, 0.1) is 24.4 Å². The predicted octanol–water partition coefficient (Wildman–Crippen LogP) is 4.55. The van der Waals surface area contributed by atoms with Crippen molar-refractivity contribution >= 4 is 0 Å². The number of rotatable bonds is 5. The summed E-state index contributed by atoms with van der Waals surface area (Å²) < 4.78 is 13.8. The number of likely N-dealkylation sites (tertiary alicyclic amines) is 1. The van der Waals surface area contributed by atoms with Gasteiger partial charge in [0.2, 0.25) is 0 Å². The van der Waals surface area contributed by atoms with E-state index in [2.05, 4.69) is 42.3 Å². The van der Waals surface area contributed by atoms with E-state index in [-0.39, 0.29) is 24.5 Å². The zero-order valence-corrected chi connectivity index (χ0v) is 17.7. The largest absolute Gasteiger partial charge is 0.392 e. The van der Waals surface area contributed by atoms with Gasteiger partial charge in [-0.1, -0.05) is 24.3 Å². The Hall–Kier alpha value is -2.50. The highest BCUT2D eigenvalue weighted by Gasteiger charge is 2.36. The second-order valence-electron chi connectivity index (χ2n) is 8.29. The highest BCUT2D eigenvalue weighted by Crippen LogP contribution is 2.39. The van der Waals surface area contributed by atoms with Crippen LogP contribution in [0.2, 0.25) is 0 Å². The van der Waals surface area contributed by atoms with Crippen molar-refractivity contribution in [1.29, 1.82) is 0 Å². The number of piperidine rings is 1. The number of hydrogen-bond donors (Lipinski definition) is 2. The molecule has 2 aromatic rings. The monoisotopic (exact) mass is 407 g/mol. The van der Waals surface area contributed by atoms with Gasteiger partial charge in [-0.25, -0.2) is 4.39 Å². The van der Waals surface area contributed by atoms with Crippen LogP contribution in [0, 0.1) is 12.7 Å². The Balaban J connectivity index is 1.77. The minimum Gasteiger partial charge on any atom is -0.392 e. The Morgan fingerprint density at radius 3 is 2.77 bits per heavy atom. The van der Waals surface area contributed by atoms with Crippen LogP contribution in [0.5, 0.6) is 0 Å². The molecule has 4 rings (SSSR count). The normalized spacial score (nSPS) is 22.3. The van der Waals surface area contributed by atoms with E-state index >= 15 is 0 Å². The molecule has 1 aromatic carbocycles. The van der Waals surface area contributed by atoms with Crippen LogP contribution in [0.3, 0.4) is 0 Å². The van der Waals surface area contributed by atoms with Gasteiger partial charge in [0.15, 0.2) is 0 Å². The molecule has 3 heterocycles. The molecule has 30 heavy (non-hydrogen) atoms. The third-order valence-electron chi connectivity index (χ3n) is 6.35. The summed E-state index contributed by atoms with van der Waals surface area (Å²) in [4.78, 5) is 7.24. The average Bonchev–Trinajstić information content (AvgIpc) is 2.76. The van der Waals surface area contributed by atoms with Crippen molar-refractivity contribution in [3.63, 3.8) is 0 Å². The first-order chi connectivity index (χ1) is 14.6. The van der Waals surface area contributed by atoms with E-state index < -0.39 is 0 Å². The van der Waals surface area contributed by atoms with Gasteiger partial charge in [0.25, 0.3) is 0 Å². The first kappa shape index (κ1) is 20.8. The number of aliphatic hydroxyl groups is 1. The van der Waals surface area contributed by atoms with E-state index in [0.717, 1.165) is 37.1 Å². The van der Waals surface area contributed by atoms with E-state index in [4.69, 9.17) is 4.98 Å². The van der Waals surface area contributed by atoms with E-state index in [0.29, 0.717) is 12.1 Å². The lowest BCUT2D eigenvalue weighted by Gasteiger charge is -2.44. The molecule has 0 amide bonds. The lowest BCUT2D eigenvalue weighted by molar-refractivity contribution is 0.0855. The van der Waals surface area contributed by atoms with Crippen LogP contribution in [0.25, 0.3) is 0 Å². The summed E-state index contributed by atoms with van der Waals surface area (Å²) in [6.45, 7) is 5.59. The predicted molar refractivity (Wildman–Crippen MR) is 117 cm³/mol. The number of allylic oxidation sites excluding steroid dienone is 2. The summed E-state index contributed by atoms with van der Waals surface area (Å²) in [5, 5.41) is 13.4. The minimum atomic E-state index is -0.312. The summed E-state index contributed by atoms with van der Waals surface area (Å²) in [6, 6.07) is 9.24. The number of aliphatic hydroxyl groups excluding tert-OH is 1. The Labute approximate surface area is 178 Å². The van der Waals surface area contributed by atoms with Gasteiger partial charge in [0.1, 0.15) is 5.82 Å². The number of nitrogens with one attached hydrogen (secondary N) is 1. The van der Waals surface area contributed by atoms with Crippen molar-refractivity contribution in [2.75, 3.05) is 6.54 Å². The van der Waals surface area contributed by atoms with Crippen LogP contribution >= 0.6 is 0 Å². The number of halogens is 1. The Kier molecular flexibility index (Phi) is 6.30. The first-order valence-electron chi connectivity index (χ1n) is 10.7. The highest BCUT2D eigenvalue weighted by molar-refractivity contribution is 5.33. The molecule has 0 spiro atoms. The maximum absolute atomic E-state index is 13.8. The summed E-state index contributed by atoms with van der Waals surface area (Å²) >= 11 is 0. The number of aryl methyl sites for hydroxylation is 1. The quantitative estimate of drug-likeness (QED) is 0.763. The van der Waals surface area contributed by atoms with E-state index in [1.807, 2.05) is 18.3 Å². The molecule has 0 aliphatic carbocycles. The second-order valence-corrected chi connectivity index (χ2v) is 8.29. The van der Waals surface area contributed by atoms with Crippen LogP contribution in [-0.2, 0) is 13.2 Å². The number of nitrogens with zero attached hydrogens (tertiary/aromatic N) is 2. The SMILES string of the molecule is CC1=C([C@H]2CCC[C@@H](c3ncccc3C)N2Cc2ccc(F)cc2CO)NCC=C1. The minimum absolute atomic E-state index is 0.165. The van der Waals surface area contributed by atoms with Crippen LogP contribution in [-0.4, -0.2) is 27.6 Å². The van der Waals surface area contributed by atoms with Gasteiger partial charge in [-0.05, 0) is 73.6 Å². The van der Waals surface area contributed by atoms with Crippen LogP contribution in [0.15, 0.2) is 60.0 Å². The fraction of sp³-hybridized carbons (Fsp3) is 0.400. The van der Waals surface area contributed by atoms with Crippen molar-refractivity contribution in [2.45, 2.75) is 58.3 Å².